The number of nitrogens with one attached hydrogen (secondary N) is 1. The molecule has 5 heteroatoms. The average Bonchev–Trinajstić information content (AvgIpc) is 2.31. The van der Waals surface area contributed by atoms with E-state index in [9.17, 15) is 8.42 Å². The van der Waals surface area contributed by atoms with Crippen LogP contribution in [-0.4, -0.2) is 31.5 Å². The first-order chi connectivity index (χ1) is 8.05. The lowest BCUT2D eigenvalue weighted by atomic mass is 10.1. The van der Waals surface area contributed by atoms with Gasteiger partial charge in [-0.1, -0.05) is 6.92 Å². The summed E-state index contributed by atoms with van der Waals surface area (Å²) in [7, 11) is -2.83. The van der Waals surface area contributed by atoms with Crippen LogP contribution in [0.5, 0.6) is 0 Å². The molecule has 0 amide bonds. The van der Waals surface area contributed by atoms with Crippen molar-refractivity contribution in [3.63, 3.8) is 0 Å². The third kappa shape index (κ3) is 5.28. The summed E-state index contributed by atoms with van der Waals surface area (Å²) in [5.74, 6) is 0.497. The van der Waals surface area contributed by atoms with Crippen molar-refractivity contribution in [3.8, 4) is 0 Å². The molecule has 0 radical (unpaired) electrons. The Morgan fingerprint density at radius 2 is 2.18 bits per heavy atom. The summed E-state index contributed by atoms with van der Waals surface area (Å²) in [6, 6.07) is 1.97. The molecule has 0 aliphatic rings. The van der Waals surface area contributed by atoms with Crippen LogP contribution in [0.25, 0.3) is 0 Å². The lowest BCUT2D eigenvalue weighted by Gasteiger charge is -2.07. The third-order valence-corrected chi connectivity index (χ3v) is 4.50. The van der Waals surface area contributed by atoms with Gasteiger partial charge in [-0.2, -0.15) is 0 Å². The average molecular weight is 256 g/mol. The minimum Gasteiger partial charge on any atom is -0.313 e. The lowest BCUT2D eigenvalue weighted by Crippen LogP contribution is -2.19. The fourth-order valence-electron chi connectivity index (χ4n) is 1.47. The molecule has 0 atom stereocenters. The van der Waals surface area contributed by atoms with E-state index >= 15 is 0 Å². The second kappa shape index (κ2) is 6.71. The minimum atomic E-state index is -2.83. The fourth-order valence-corrected chi connectivity index (χ4v) is 2.34. The quantitative estimate of drug-likeness (QED) is 0.747. The predicted molar refractivity (Wildman–Crippen MR) is 69.6 cm³/mol. The molecule has 1 N–H and O–H groups in total. The Morgan fingerprint density at radius 3 is 2.82 bits per heavy atom. The summed E-state index contributed by atoms with van der Waals surface area (Å²) < 4.78 is 22.5. The molecule has 0 bridgehead atoms. The van der Waals surface area contributed by atoms with Gasteiger partial charge in [-0.25, -0.2) is 8.42 Å². The highest BCUT2D eigenvalue weighted by Gasteiger charge is 2.06. The normalized spacial score (nSPS) is 11.6. The summed E-state index contributed by atoms with van der Waals surface area (Å²) in [6.45, 7) is 5.18. The molecule has 17 heavy (non-hydrogen) atoms. The van der Waals surface area contributed by atoms with Crippen LogP contribution in [-0.2, 0) is 16.4 Å². The van der Waals surface area contributed by atoms with Crippen LogP contribution >= 0.6 is 0 Å². The van der Waals surface area contributed by atoms with Gasteiger partial charge in [-0.3, -0.25) is 4.98 Å². The highest BCUT2D eigenvalue weighted by molar-refractivity contribution is 7.91. The standard InChI is InChI=1S/C12H20N2O2S/c1-3-17(15,16)8-4-6-13-9-12-10-14-7-5-11(12)2/h5,7,10,13H,3-4,6,8-9H2,1-2H3. The summed E-state index contributed by atoms with van der Waals surface area (Å²) in [5.41, 5.74) is 2.36. The molecule has 1 rings (SSSR count). The number of sulfone groups is 1. The topological polar surface area (TPSA) is 59.1 Å². The summed E-state index contributed by atoms with van der Waals surface area (Å²) in [4.78, 5) is 4.06. The van der Waals surface area contributed by atoms with Crippen molar-refractivity contribution in [2.24, 2.45) is 0 Å². The Hall–Kier alpha value is -0.940. The van der Waals surface area contributed by atoms with E-state index in [1.165, 1.54) is 5.56 Å². The van der Waals surface area contributed by atoms with Crippen LogP contribution in [0.2, 0.25) is 0 Å². The Bertz CT molecular complexity index is 444. The zero-order valence-electron chi connectivity index (χ0n) is 10.4. The van der Waals surface area contributed by atoms with Gasteiger partial charge in [0, 0.05) is 24.7 Å². The van der Waals surface area contributed by atoms with Crippen LogP contribution in [0.3, 0.4) is 0 Å². The van der Waals surface area contributed by atoms with Gasteiger partial charge in [0.15, 0.2) is 0 Å². The minimum absolute atomic E-state index is 0.231. The molecular formula is C12H20N2O2S. The molecule has 96 valence electrons. The second-order valence-corrected chi connectivity index (χ2v) is 6.54. The number of hydrogen-bond acceptors (Lipinski definition) is 4. The SMILES string of the molecule is CCS(=O)(=O)CCCNCc1cnccc1C. The molecule has 0 spiro atoms. The summed E-state index contributed by atoms with van der Waals surface area (Å²) >= 11 is 0. The number of pyridine rings is 1. The van der Waals surface area contributed by atoms with E-state index in [0.717, 1.165) is 12.1 Å². The molecule has 0 saturated carbocycles. The number of aromatic nitrogens is 1. The molecule has 4 nitrogen and oxygen atoms in total. The highest BCUT2D eigenvalue weighted by atomic mass is 32.2. The molecule has 0 aliphatic carbocycles. The van der Waals surface area contributed by atoms with Gasteiger partial charge in [0.25, 0.3) is 0 Å². The zero-order chi connectivity index (χ0) is 12.7. The Morgan fingerprint density at radius 1 is 1.41 bits per heavy atom. The van der Waals surface area contributed by atoms with E-state index in [-0.39, 0.29) is 11.5 Å². The van der Waals surface area contributed by atoms with Crippen molar-refractivity contribution in [3.05, 3.63) is 29.6 Å². The maximum atomic E-state index is 11.2. The van der Waals surface area contributed by atoms with Gasteiger partial charge < -0.3 is 5.32 Å². The molecule has 1 aromatic rings. The van der Waals surface area contributed by atoms with Gasteiger partial charge in [0.1, 0.15) is 9.84 Å². The first kappa shape index (κ1) is 14.1. The molecule has 0 unspecified atom stereocenters. The maximum absolute atomic E-state index is 11.2. The highest BCUT2D eigenvalue weighted by Crippen LogP contribution is 2.03. The predicted octanol–water partition coefficient (Wildman–Crippen LogP) is 1.30. The van der Waals surface area contributed by atoms with Crippen molar-refractivity contribution in [2.75, 3.05) is 18.1 Å². The van der Waals surface area contributed by atoms with Crippen LogP contribution in [0, 0.1) is 6.92 Å². The van der Waals surface area contributed by atoms with Crippen LogP contribution in [0.15, 0.2) is 18.5 Å². The van der Waals surface area contributed by atoms with Gasteiger partial charge in [0.05, 0.1) is 5.75 Å². The monoisotopic (exact) mass is 256 g/mol. The van der Waals surface area contributed by atoms with Crippen molar-refractivity contribution in [1.82, 2.24) is 10.3 Å². The summed E-state index contributed by atoms with van der Waals surface area (Å²) in [5, 5.41) is 3.23. The molecule has 0 aromatic carbocycles. The number of hydrogen-bond donors (Lipinski definition) is 1. The van der Waals surface area contributed by atoms with E-state index < -0.39 is 9.84 Å². The van der Waals surface area contributed by atoms with E-state index in [0.29, 0.717) is 13.0 Å². The smallest absolute Gasteiger partial charge is 0.150 e. The molecular weight excluding hydrogens is 236 g/mol. The van der Waals surface area contributed by atoms with Crippen LogP contribution < -0.4 is 5.32 Å². The maximum Gasteiger partial charge on any atom is 0.150 e. The Labute approximate surface area is 103 Å². The lowest BCUT2D eigenvalue weighted by molar-refractivity contribution is 0.589. The van der Waals surface area contributed by atoms with Gasteiger partial charge in [0.2, 0.25) is 0 Å². The van der Waals surface area contributed by atoms with E-state index in [2.05, 4.69) is 10.3 Å². The second-order valence-electron chi connectivity index (χ2n) is 4.07. The molecule has 1 aromatic heterocycles. The Kier molecular flexibility index (Phi) is 5.58. The fraction of sp³-hybridized carbons (Fsp3) is 0.583. The zero-order valence-corrected chi connectivity index (χ0v) is 11.3. The van der Waals surface area contributed by atoms with E-state index in [1.54, 1.807) is 13.1 Å². The van der Waals surface area contributed by atoms with Crippen molar-refractivity contribution < 1.29 is 8.42 Å². The van der Waals surface area contributed by atoms with Gasteiger partial charge in [-0.05, 0) is 37.1 Å². The first-order valence-corrected chi connectivity index (χ1v) is 7.68. The van der Waals surface area contributed by atoms with Crippen molar-refractivity contribution in [1.29, 1.82) is 0 Å². The largest absolute Gasteiger partial charge is 0.313 e. The summed E-state index contributed by atoms with van der Waals surface area (Å²) in [6.07, 6.45) is 4.27. The van der Waals surface area contributed by atoms with E-state index in [4.69, 9.17) is 0 Å². The van der Waals surface area contributed by atoms with Crippen LogP contribution in [0.4, 0.5) is 0 Å². The number of aryl methyl sites for hydroxylation is 1. The molecule has 0 aliphatic heterocycles. The Balaban J connectivity index is 2.24. The van der Waals surface area contributed by atoms with Crippen molar-refractivity contribution in [2.45, 2.75) is 26.8 Å². The first-order valence-electron chi connectivity index (χ1n) is 5.86. The molecule has 0 saturated heterocycles. The molecule has 0 fully saturated rings. The molecule has 1 heterocycles. The number of nitrogens with zero attached hydrogens (tertiary/aromatic N) is 1. The van der Waals surface area contributed by atoms with Crippen LogP contribution in [0.1, 0.15) is 24.5 Å². The van der Waals surface area contributed by atoms with Gasteiger partial charge in [-0.15, -0.1) is 0 Å². The van der Waals surface area contributed by atoms with Gasteiger partial charge >= 0.3 is 0 Å². The van der Waals surface area contributed by atoms with E-state index in [1.807, 2.05) is 19.2 Å². The number of rotatable bonds is 7. The third-order valence-electron chi connectivity index (χ3n) is 2.71. The van der Waals surface area contributed by atoms with Crippen molar-refractivity contribution >= 4 is 9.84 Å².